The van der Waals surface area contributed by atoms with E-state index in [0.29, 0.717) is 5.56 Å². The second kappa shape index (κ2) is 7.38. The predicted octanol–water partition coefficient (Wildman–Crippen LogP) is 1.38. The average molecular weight is 333 g/mol. The third-order valence-electron chi connectivity index (χ3n) is 3.39. The Kier molecular flexibility index (Phi) is 6.37. The Labute approximate surface area is 127 Å². The van der Waals surface area contributed by atoms with Crippen LogP contribution in [0.5, 0.6) is 0 Å². The third kappa shape index (κ3) is 5.76. The van der Waals surface area contributed by atoms with Gasteiger partial charge in [0.25, 0.3) is 0 Å². The molecule has 1 atom stereocenters. The van der Waals surface area contributed by atoms with Crippen LogP contribution in [0, 0.1) is 5.92 Å². The van der Waals surface area contributed by atoms with Crippen molar-refractivity contribution in [2.75, 3.05) is 17.3 Å². The maximum Gasteiger partial charge on any atom is 0.179 e. The number of nitrogens with two attached hydrogens (primary N) is 1. The third-order valence-corrected chi connectivity index (χ3v) is 7.27. The van der Waals surface area contributed by atoms with Crippen molar-refractivity contribution < 1.29 is 16.8 Å². The molecule has 2 N–H and O–H groups in total. The van der Waals surface area contributed by atoms with Gasteiger partial charge in [-0.3, -0.25) is 0 Å². The minimum atomic E-state index is -3.60. The normalized spacial score (nSPS) is 14.0. The van der Waals surface area contributed by atoms with E-state index in [1.54, 1.807) is 12.1 Å². The van der Waals surface area contributed by atoms with Gasteiger partial charge in [-0.1, -0.05) is 32.4 Å². The molecule has 0 aliphatic carbocycles. The van der Waals surface area contributed by atoms with Crippen LogP contribution < -0.4 is 5.73 Å². The van der Waals surface area contributed by atoms with Crippen molar-refractivity contribution >= 4 is 19.7 Å². The molecule has 0 bridgehead atoms. The van der Waals surface area contributed by atoms with Crippen LogP contribution in [0.15, 0.2) is 29.2 Å². The fourth-order valence-electron chi connectivity index (χ4n) is 1.86. The summed E-state index contributed by atoms with van der Waals surface area (Å²) in [5.74, 6) is -0.660. The van der Waals surface area contributed by atoms with Gasteiger partial charge >= 0.3 is 0 Å². The van der Waals surface area contributed by atoms with Crippen LogP contribution in [-0.4, -0.2) is 34.1 Å². The zero-order chi connectivity index (χ0) is 16.1. The Balaban J connectivity index is 2.81. The predicted molar refractivity (Wildman–Crippen MR) is 84.5 cm³/mol. The summed E-state index contributed by atoms with van der Waals surface area (Å²) >= 11 is 0. The summed E-state index contributed by atoms with van der Waals surface area (Å²) < 4.78 is 48.2. The lowest BCUT2D eigenvalue weighted by Gasteiger charge is -2.10. The molecule has 120 valence electrons. The van der Waals surface area contributed by atoms with Crippen LogP contribution in [0.1, 0.15) is 25.8 Å². The minimum absolute atomic E-state index is 0.0296. The van der Waals surface area contributed by atoms with Crippen LogP contribution in [-0.2, 0) is 26.2 Å². The quantitative estimate of drug-likeness (QED) is 0.775. The molecule has 0 fully saturated rings. The summed E-state index contributed by atoms with van der Waals surface area (Å²) in [5.41, 5.74) is 6.19. The van der Waals surface area contributed by atoms with E-state index < -0.39 is 19.7 Å². The van der Waals surface area contributed by atoms with Crippen LogP contribution in [0.4, 0.5) is 0 Å². The molecule has 0 heterocycles. The molecule has 1 aromatic rings. The highest BCUT2D eigenvalue weighted by Gasteiger charge is 2.21. The van der Waals surface area contributed by atoms with E-state index in [0.717, 1.165) is 6.42 Å². The Hall–Kier alpha value is -0.920. The van der Waals surface area contributed by atoms with E-state index in [1.165, 1.54) is 12.1 Å². The average Bonchev–Trinajstić information content (AvgIpc) is 2.45. The Morgan fingerprint density at radius 1 is 1.14 bits per heavy atom. The van der Waals surface area contributed by atoms with Gasteiger partial charge in [0.15, 0.2) is 19.7 Å². The lowest BCUT2D eigenvalue weighted by atomic mass is 10.2. The van der Waals surface area contributed by atoms with Gasteiger partial charge in [0.05, 0.1) is 22.2 Å². The number of benzene rings is 1. The van der Waals surface area contributed by atoms with Crippen LogP contribution >= 0.6 is 0 Å². The maximum absolute atomic E-state index is 12.2. The molecule has 0 amide bonds. The Morgan fingerprint density at radius 2 is 1.81 bits per heavy atom. The molecular weight excluding hydrogens is 310 g/mol. The van der Waals surface area contributed by atoms with Crippen molar-refractivity contribution in [3.05, 3.63) is 29.8 Å². The van der Waals surface area contributed by atoms with Crippen molar-refractivity contribution in [1.29, 1.82) is 0 Å². The van der Waals surface area contributed by atoms with Gasteiger partial charge in [0.2, 0.25) is 0 Å². The lowest BCUT2D eigenvalue weighted by molar-refractivity contribution is 0.563. The molecule has 0 spiro atoms. The van der Waals surface area contributed by atoms with Gasteiger partial charge in [-0.2, -0.15) is 0 Å². The summed E-state index contributed by atoms with van der Waals surface area (Å²) in [6, 6.07) is 6.31. The molecule has 7 heteroatoms. The second-order valence-corrected chi connectivity index (χ2v) is 9.64. The molecular formula is C14H23NO4S2. The van der Waals surface area contributed by atoms with Crippen molar-refractivity contribution in [2.24, 2.45) is 11.7 Å². The van der Waals surface area contributed by atoms with E-state index in [1.807, 2.05) is 13.8 Å². The summed E-state index contributed by atoms with van der Waals surface area (Å²) in [7, 11) is -6.96. The molecule has 0 saturated carbocycles. The standard InChI is InChI=1S/C14H23NO4S2/c1-3-12(2)11-20(16,17)7-8-21(18,19)14-6-4-5-13(9-14)10-15/h4-6,9,12H,3,7-8,10-11,15H2,1-2H3. The van der Waals surface area contributed by atoms with Gasteiger partial charge in [-0.05, 0) is 23.6 Å². The van der Waals surface area contributed by atoms with Crippen LogP contribution in [0.3, 0.4) is 0 Å². The van der Waals surface area contributed by atoms with E-state index in [9.17, 15) is 16.8 Å². The molecule has 5 nitrogen and oxygen atoms in total. The molecule has 1 rings (SSSR count). The van der Waals surface area contributed by atoms with E-state index in [2.05, 4.69) is 0 Å². The molecule has 0 saturated heterocycles. The topological polar surface area (TPSA) is 94.3 Å². The number of rotatable bonds is 8. The summed E-state index contributed by atoms with van der Waals surface area (Å²) in [4.78, 5) is 0.129. The van der Waals surface area contributed by atoms with Gasteiger partial charge in [0.1, 0.15) is 0 Å². The Bertz CT molecular complexity index is 666. The summed E-state index contributed by atoms with van der Waals surface area (Å²) in [6.45, 7) is 4.00. The SMILES string of the molecule is CCC(C)CS(=O)(=O)CCS(=O)(=O)c1cccc(CN)c1. The second-order valence-electron chi connectivity index (χ2n) is 5.30. The maximum atomic E-state index is 12.2. The summed E-state index contributed by atoms with van der Waals surface area (Å²) in [5, 5.41) is 0. The van der Waals surface area contributed by atoms with Crippen molar-refractivity contribution in [1.82, 2.24) is 0 Å². The van der Waals surface area contributed by atoms with Gasteiger partial charge in [-0.25, -0.2) is 16.8 Å². The highest BCUT2D eigenvalue weighted by atomic mass is 32.2. The van der Waals surface area contributed by atoms with Crippen molar-refractivity contribution in [3.8, 4) is 0 Å². The van der Waals surface area contributed by atoms with Gasteiger partial charge in [0, 0.05) is 6.54 Å². The van der Waals surface area contributed by atoms with E-state index >= 15 is 0 Å². The number of hydrogen-bond donors (Lipinski definition) is 1. The fourth-order valence-corrected chi connectivity index (χ4v) is 5.87. The first-order valence-electron chi connectivity index (χ1n) is 6.92. The van der Waals surface area contributed by atoms with E-state index in [-0.39, 0.29) is 34.6 Å². The Morgan fingerprint density at radius 3 is 2.38 bits per heavy atom. The first-order chi connectivity index (χ1) is 9.70. The monoisotopic (exact) mass is 333 g/mol. The van der Waals surface area contributed by atoms with Crippen LogP contribution in [0.2, 0.25) is 0 Å². The fraction of sp³-hybridized carbons (Fsp3) is 0.571. The smallest absolute Gasteiger partial charge is 0.179 e. The first-order valence-corrected chi connectivity index (χ1v) is 10.4. The zero-order valence-corrected chi connectivity index (χ0v) is 14.1. The highest BCUT2D eigenvalue weighted by molar-refractivity contribution is 7.95. The molecule has 1 unspecified atom stereocenters. The highest BCUT2D eigenvalue weighted by Crippen LogP contribution is 2.14. The largest absolute Gasteiger partial charge is 0.326 e. The number of hydrogen-bond acceptors (Lipinski definition) is 5. The molecule has 0 aromatic heterocycles. The molecule has 0 aliphatic heterocycles. The summed E-state index contributed by atoms with van der Waals surface area (Å²) in [6.07, 6.45) is 0.754. The molecule has 0 aliphatic rings. The molecule has 0 radical (unpaired) electrons. The number of sulfone groups is 2. The van der Waals surface area contributed by atoms with Crippen molar-refractivity contribution in [2.45, 2.75) is 31.7 Å². The molecule has 21 heavy (non-hydrogen) atoms. The van der Waals surface area contributed by atoms with E-state index in [4.69, 9.17) is 5.73 Å². The van der Waals surface area contributed by atoms with Crippen LogP contribution in [0.25, 0.3) is 0 Å². The lowest BCUT2D eigenvalue weighted by Crippen LogP contribution is -2.22. The zero-order valence-electron chi connectivity index (χ0n) is 12.4. The van der Waals surface area contributed by atoms with Gasteiger partial charge in [-0.15, -0.1) is 0 Å². The molecule has 1 aromatic carbocycles. The van der Waals surface area contributed by atoms with Crippen molar-refractivity contribution in [3.63, 3.8) is 0 Å². The first kappa shape index (κ1) is 18.1. The minimum Gasteiger partial charge on any atom is -0.326 e. The van der Waals surface area contributed by atoms with Gasteiger partial charge < -0.3 is 5.73 Å².